The molecule has 158 valence electrons. The van der Waals surface area contributed by atoms with Crippen molar-refractivity contribution in [3.8, 4) is 0 Å². The minimum Gasteiger partial charge on any atom is -0.456 e. The summed E-state index contributed by atoms with van der Waals surface area (Å²) in [6, 6.07) is 19.1. The predicted molar refractivity (Wildman–Crippen MR) is 110 cm³/mol. The summed E-state index contributed by atoms with van der Waals surface area (Å²) < 4.78 is 23.1. The molecule has 2 aromatic carbocycles. The van der Waals surface area contributed by atoms with E-state index in [2.05, 4.69) is 5.32 Å². The first-order chi connectivity index (χ1) is 14.6. The largest absolute Gasteiger partial charge is 0.456 e. The van der Waals surface area contributed by atoms with Gasteiger partial charge >= 0.3 is 12.1 Å². The minimum atomic E-state index is -0.755. The van der Waals surface area contributed by atoms with Crippen LogP contribution in [-0.4, -0.2) is 48.5 Å². The number of esters is 1. The summed E-state index contributed by atoms with van der Waals surface area (Å²) in [5.41, 5.74) is 0.611. The Bertz CT molecular complexity index is 864. The summed E-state index contributed by atoms with van der Waals surface area (Å²) >= 11 is 1.48. The molecule has 5 atom stereocenters. The van der Waals surface area contributed by atoms with Gasteiger partial charge in [0.05, 0.1) is 13.2 Å². The minimum absolute atomic E-state index is 0.194. The lowest BCUT2D eigenvalue weighted by Crippen LogP contribution is -2.60. The Morgan fingerprint density at radius 3 is 2.50 bits per heavy atom. The van der Waals surface area contributed by atoms with Crippen molar-refractivity contribution in [1.82, 2.24) is 5.32 Å². The van der Waals surface area contributed by atoms with Crippen LogP contribution in [0.25, 0.3) is 0 Å². The zero-order valence-corrected chi connectivity index (χ0v) is 17.2. The highest BCUT2D eigenvalue weighted by Gasteiger charge is 2.54. The van der Waals surface area contributed by atoms with Gasteiger partial charge in [-0.25, -0.2) is 4.79 Å². The van der Waals surface area contributed by atoms with E-state index < -0.39 is 41.9 Å². The maximum atomic E-state index is 12.0. The summed E-state index contributed by atoms with van der Waals surface area (Å²) in [5.74, 6) is -0.465. The zero-order valence-electron chi connectivity index (χ0n) is 16.4. The second kappa shape index (κ2) is 9.51. The van der Waals surface area contributed by atoms with Crippen LogP contribution in [0.3, 0.4) is 0 Å². The molecule has 8 heteroatoms. The smallest absolute Gasteiger partial charge is 0.408 e. The molecule has 0 spiro atoms. The molecule has 0 aliphatic carbocycles. The number of alkyl carbamates (subject to hydrolysis) is 1. The van der Waals surface area contributed by atoms with E-state index >= 15 is 0 Å². The number of hydrogen-bond donors (Lipinski definition) is 1. The molecule has 0 aromatic heterocycles. The third-order valence-electron chi connectivity index (χ3n) is 4.87. The van der Waals surface area contributed by atoms with E-state index in [-0.39, 0.29) is 6.61 Å². The number of thioether (sulfide) groups is 1. The molecule has 4 rings (SSSR count). The first-order valence-electron chi connectivity index (χ1n) is 9.73. The lowest BCUT2D eigenvalue weighted by atomic mass is 9.98. The maximum absolute atomic E-state index is 12.0. The van der Waals surface area contributed by atoms with Crippen LogP contribution in [0.5, 0.6) is 0 Å². The highest BCUT2D eigenvalue weighted by Crippen LogP contribution is 2.37. The van der Waals surface area contributed by atoms with E-state index in [0.29, 0.717) is 6.61 Å². The highest BCUT2D eigenvalue weighted by molar-refractivity contribution is 7.99. The Kier molecular flexibility index (Phi) is 6.56. The van der Waals surface area contributed by atoms with Gasteiger partial charge in [-0.05, 0) is 17.7 Å². The molecule has 0 bridgehead atoms. The molecule has 2 aliphatic heterocycles. The Balaban J connectivity index is 1.50. The quantitative estimate of drug-likeness (QED) is 0.677. The number of carbonyl (C=O) groups excluding carboxylic acids is 2. The van der Waals surface area contributed by atoms with Crippen LogP contribution in [0, 0.1) is 0 Å². The number of fused-ring (bicyclic) bond motifs is 1. The fraction of sp³-hybridized carbons (Fsp3) is 0.364. The van der Waals surface area contributed by atoms with Gasteiger partial charge in [-0.1, -0.05) is 60.3 Å². The third kappa shape index (κ3) is 4.95. The van der Waals surface area contributed by atoms with Crippen molar-refractivity contribution in [2.75, 3.05) is 6.61 Å². The summed E-state index contributed by atoms with van der Waals surface area (Å²) in [6.45, 7) is 1.92. The second-order valence-corrected chi connectivity index (χ2v) is 8.26. The number of rotatable bonds is 7. The molecule has 2 saturated heterocycles. The number of carbonyl (C=O) groups is 2. The summed E-state index contributed by atoms with van der Waals surface area (Å²) in [4.78, 5) is 24.7. The molecular weight excluding hydrogens is 406 g/mol. The number of nitrogens with one attached hydrogen (secondary N) is 1. The average Bonchev–Trinajstić information content (AvgIpc) is 3.14. The van der Waals surface area contributed by atoms with E-state index in [0.717, 1.165) is 10.5 Å². The highest BCUT2D eigenvalue weighted by atomic mass is 32.2. The normalized spacial score (nSPS) is 27.6. The Morgan fingerprint density at radius 2 is 1.80 bits per heavy atom. The molecule has 7 nitrogen and oxygen atoms in total. The monoisotopic (exact) mass is 429 g/mol. The van der Waals surface area contributed by atoms with Crippen LogP contribution >= 0.6 is 11.8 Å². The van der Waals surface area contributed by atoms with Crippen LogP contribution in [-0.2, 0) is 30.3 Å². The standard InChI is InChI=1S/C22H23NO6S/c1-14(24)27-19-17(13-26-12-15-8-4-2-5-9-15)28-21(18-20(19)29-22(25)23-18)30-16-10-6-3-7-11-16/h2-11,17-21H,12-13H2,1H3,(H,23,25)/t17-,18-,19+,20-,21-/m1/s1. The molecule has 1 amide bonds. The van der Waals surface area contributed by atoms with Crippen molar-refractivity contribution < 1.29 is 28.5 Å². The van der Waals surface area contributed by atoms with Gasteiger partial charge in [0, 0.05) is 11.8 Å². The molecule has 0 unspecified atom stereocenters. The number of ether oxygens (including phenoxy) is 4. The Labute approximate surface area is 179 Å². The van der Waals surface area contributed by atoms with Crippen molar-refractivity contribution in [3.05, 3.63) is 66.2 Å². The summed E-state index contributed by atoms with van der Waals surface area (Å²) in [6.07, 6.45) is -2.53. The molecule has 0 radical (unpaired) electrons. The van der Waals surface area contributed by atoms with Gasteiger partial charge in [-0.2, -0.15) is 0 Å². The molecule has 2 aromatic rings. The third-order valence-corrected chi connectivity index (χ3v) is 6.05. The van der Waals surface area contributed by atoms with Crippen molar-refractivity contribution in [3.63, 3.8) is 0 Å². The van der Waals surface area contributed by atoms with Crippen LogP contribution in [0.2, 0.25) is 0 Å². The fourth-order valence-electron chi connectivity index (χ4n) is 3.56. The van der Waals surface area contributed by atoms with Crippen LogP contribution < -0.4 is 5.32 Å². The van der Waals surface area contributed by atoms with Crippen LogP contribution in [0.1, 0.15) is 12.5 Å². The maximum Gasteiger partial charge on any atom is 0.408 e. The topological polar surface area (TPSA) is 83.1 Å². The van der Waals surface area contributed by atoms with Gasteiger partial charge < -0.3 is 24.3 Å². The van der Waals surface area contributed by atoms with E-state index in [1.165, 1.54) is 18.7 Å². The van der Waals surface area contributed by atoms with Gasteiger partial charge in [-0.15, -0.1) is 0 Å². The molecule has 2 fully saturated rings. The first-order valence-corrected chi connectivity index (χ1v) is 10.6. The molecule has 0 saturated carbocycles. The molecule has 2 aliphatic rings. The van der Waals surface area contributed by atoms with E-state index in [4.69, 9.17) is 18.9 Å². The first kappa shape index (κ1) is 20.7. The van der Waals surface area contributed by atoms with Gasteiger partial charge in [0.25, 0.3) is 0 Å². The van der Waals surface area contributed by atoms with Crippen molar-refractivity contribution in [2.45, 2.75) is 48.2 Å². The average molecular weight is 429 g/mol. The molecular formula is C22H23NO6S. The lowest BCUT2D eigenvalue weighted by Gasteiger charge is -2.41. The van der Waals surface area contributed by atoms with Crippen LogP contribution in [0.4, 0.5) is 4.79 Å². The number of hydrogen-bond acceptors (Lipinski definition) is 7. The second-order valence-electron chi connectivity index (χ2n) is 7.09. The summed E-state index contributed by atoms with van der Waals surface area (Å²) in [7, 11) is 0. The van der Waals surface area contributed by atoms with Crippen molar-refractivity contribution >= 4 is 23.8 Å². The Morgan fingerprint density at radius 1 is 1.10 bits per heavy atom. The van der Waals surface area contributed by atoms with Crippen LogP contribution in [0.15, 0.2) is 65.6 Å². The van der Waals surface area contributed by atoms with Gasteiger partial charge in [0.1, 0.15) is 17.6 Å². The lowest BCUT2D eigenvalue weighted by molar-refractivity contribution is -0.191. The van der Waals surface area contributed by atoms with E-state index in [1.54, 1.807) is 0 Å². The predicted octanol–water partition coefficient (Wildman–Crippen LogP) is 3.13. The SMILES string of the molecule is CC(=O)O[C@@H]1[C@@H]2OC(=O)N[C@H]2[C@@H](Sc2ccccc2)O[C@@H]1COCc1ccccc1. The number of amides is 1. The fourth-order valence-corrected chi connectivity index (χ4v) is 4.71. The van der Waals surface area contributed by atoms with Gasteiger partial charge in [0.15, 0.2) is 12.2 Å². The van der Waals surface area contributed by atoms with Gasteiger partial charge in [-0.3, -0.25) is 4.79 Å². The summed E-state index contributed by atoms with van der Waals surface area (Å²) in [5, 5.41) is 2.79. The molecule has 2 heterocycles. The molecule has 1 N–H and O–H groups in total. The van der Waals surface area contributed by atoms with Crippen molar-refractivity contribution in [1.29, 1.82) is 0 Å². The van der Waals surface area contributed by atoms with E-state index in [9.17, 15) is 9.59 Å². The van der Waals surface area contributed by atoms with Gasteiger partial charge in [0.2, 0.25) is 0 Å². The Hall–Kier alpha value is -2.55. The molecule has 30 heavy (non-hydrogen) atoms. The van der Waals surface area contributed by atoms with E-state index in [1.807, 2.05) is 60.7 Å². The van der Waals surface area contributed by atoms with Crippen molar-refractivity contribution in [2.24, 2.45) is 0 Å². The zero-order chi connectivity index (χ0) is 20.9. The number of benzene rings is 2.